The van der Waals surface area contributed by atoms with E-state index >= 15 is 0 Å². The van der Waals surface area contributed by atoms with Crippen molar-refractivity contribution in [1.29, 1.82) is 0 Å². The van der Waals surface area contributed by atoms with Crippen LogP contribution in [0.15, 0.2) is 28.1 Å². The van der Waals surface area contributed by atoms with E-state index in [4.69, 9.17) is 9.47 Å². The average molecular weight is 360 g/mol. The molecule has 1 aromatic carbocycles. The molecule has 20 heavy (non-hydrogen) atoms. The van der Waals surface area contributed by atoms with Crippen LogP contribution in [-0.2, 0) is 0 Å². The van der Waals surface area contributed by atoms with Crippen molar-refractivity contribution in [2.75, 3.05) is 21.3 Å². The molecule has 0 saturated heterocycles. The van der Waals surface area contributed by atoms with E-state index < -0.39 is 0 Å². The Morgan fingerprint density at radius 3 is 2.55 bits per heavy atom. The van der Waals surface area contributed by atoms with Crippen LogP contribution in [0.25, 0.3) is 0 Å². The molecule has 0 aliphatic rings. The normalized spacial score (nSPS) is 12.2. The van der Waals surface area contributed by atoms with Crippen LogP contribution in [0.2, 0.25) is 0 Å². The largest absolute Gasteiger partial charge is 0.496 e. The van der Waals surface area contributed by atoms with Crippen molar-refractivity contribution in [3.63, 3.8) is 0 Å². The molecule has 2 aromatic rings. The van der Waals surface area contributed by atoms with Gasteiger partial charge in [0.25, 0.3) is 0 Å². The third-order valence-corrected chi connectivity index (χ3v) is 4.57. The summed E-state index contributed by atoms with van der Waals surface area (Å²) in [4.78, 5) is 1.07. The van der Waals surface area contributed by atoms with Gasteiger partial charge >= 0.3 is 0 Å². The van der Waals surface area contributed by atoms with Gasteiger partial charge in [0.05, 0.1) is 24.7 Å². The molecule has 3 nitrogen and oxygen atoms in total. The first-order valence-electron chi connectivity index (χ1n) is 5.93. The number of halogens is 2. The van der Waals surface area contributed by atoms with E-state index in [1.54, 1.807) is 24.5 Å². The van der Waals surface area contributed by atoms with Gasteiger partial charge in [0.15, 0.2) is 0 Å². The van der Waals surface area contributed by atoms with Gasteiger partial charge in [-0.05, 0) is 35.1 Å². The fourth-order valence-corrected chi connectivity index (χ4v) is 3.33. The quantitative estimate of drug-likeness (QED) is 0.875. The number of nitrogens with one attached hydrogen (secondary N) is 1. The molecule has 1 atom stereocenters. The van der Waals surface area contributed by atoms with Gasteiger partial charge in [0.1, 0.15) is 17.3 Å². The smallest absolute Gasteiger partial charge is 0.141 e. The summed E-state index contributed by atoms with van der Waals surface area (Å²) in [7, 11) is 5.02. The summed E-state index contributed by atoms with van der Waals surface area (Å²) in [5.41, 5.74) is 0.868. The van der Waals surface area contributed by atoms with Crippen molar-refractivity contribution >= 4 is 27.3 Å². The highest BCUT2D eigenvalue weighted by Gasteiger charge is 2.20. The number of hydrogen-bond donors (Lipinski definition) is 1. The molecule has 0 fully saturated rings. The highest BCUT2D eigenvalue weighted by atomic mass is 79.9. The molecule has 1 heterocycles. The molecule has 1 aromatic heterocycles. The summed E-state index contributed by atoms with van der Waals surface area (Å²) >= 11 is 4.80. The SMILES string of the molecule is CNC(c1cc(OC)cs1)c1cc(Br)c(F)cc1OC. The molecule has 1 unspecified atom stereocenters. The summed E-state index contributed by atoms with van der Waals surface area (Å²) in [6.07, 6.45) is 0. The molecule has 0 aliphatic carbocycles. The number of thiophene rings is 1. The van der Waals surface area contributed by atoms with E-state index in [2.05, 4.69) is 21.2 Å². The average Bonchev–Trinajstić information content (AvgIpc) is 2.92. The van der Waals surface area contributed by atoms with Gasteiger partial charge < -0.3 is 14.8 Å². The van der Waals surface area contributed by atoms with Crippen LogP contribution in [0, 0.1) is 5.82 Å². The van der Waals surface area contributed by atoms with Crippen molar-refractivity contribution in [3.8, 4) is 11.5 Å². The summed E-state index contributed by atoms with van der Waals surface area (Å²) < 4.78 is 24.5. The van der Waals surface area contributed by atoms with Crippen LogP contribution in [0.3, 0.4) is 0 Å². The minimum Gasteiger partial charge on any atom is -0.496 e. The number of hydrogen-bond acceptors (Lipinski definition) is 4. The molecular formula is C14H15BrFNO2S. The molecule has 0 saturated carbocycles. The highest BCUT2D eigenvalue weighted by molar-refractivity contribution is 9.10. The zero-order valence-electron chi connectivity index (χ0n) is 11.4. The van der Waals surface area contributed by atoms with Crippen molar-refractivity contribution < 1.29 is 13.9 Å². The zero-order chi connectivity index (χ0) is 14.7. The second-order valence-electron chi connectivity index (χ2n) is 4.12. The third kappa shape index (κ3) is 2.97. The Balaban J connectivity index is 2.48. The zero-order valence-corrected chi connectivity index (χ0v) is 13.8. The lowest BCUT2D eigenvalue weighted by atomic mass is 10.0. The summed E-state index contributed by atoms with van der Waals surface area (Å²) in [5.74, 6) is 0.979. The van der Waals surface area contributed by atoms with Crippen LogP contribution < -0.4 is 14.8 Å². The Labute approximate surface area is 129 Å². The van der Waals surface area contributed by atoms with Crippen LogP contribution >= 0.6 is 27.3 Å². The minimum atomic E-state index is -0.343. The lowest BCUT2D eigenvalue weighted by Gasteiger charge is -2.18. The number of methoxy groups -OCH3 is 2. The minimum absolute atomic E-state index is 0.0873. The van der Waals surface area contributed by atoms with Gasteiger partial charge in [0.2, 0.25) is 0 Å². The molecule has 6 heteroatoms. The first kappa shape index (κ1) is 15.3. The molecule has 0 bridgehead atoms. The standard InChI is InChI=1S/C14H15BrFNO2S/c1-17-14(13-4-8(18-2)7-20-13)9-5-10(15)11(16)6-12(9)19-3/h4-7,14,17H,1-3H3. The predicted octanol–water partition coefficient (Wildman–Crippen LogP) is 3.98. The molecule has 0 aliphatic heterocycles. The molecular weight excluding hydrogens is 345 g/mol. The monoisotopic (exact) mass is 359 g/mol. The van der Waals surface area contributed by atoms with Crippen LogP contribution in [0.5, 0.6) is 11.5 Å². The lowest BCUT2D eigenvalue weighted by molar-refractivity contribution is 0.401. The van der Waals surface area contributed by atoms with Crippen molar-refractivity contribution in [2.24, 2.45) is 0 Å². The Morgan fingerprint density at radius 2 is 2.00 bits per heavy atom. The van der Waals surface area contributed by atoms with Crippen molar-refractivity contribution in [3.05, 3.63) is 44.3 Å². The maximum Gasteiger partial charge on any atom is 0.141 e. The number of benzene rings is 1. The first-order valence-corrected chi connectivity index (χ1v) is 7.60. The number of rotatable bonds is 5. The van der Waals surface area contributed by atoms with Gasteiger partial charge in [-0.2, -0.15) is 0 Å². The first-order chi connectivity index (χ1) is 9.60. The molecule has 108 valence electrons. The van der Waals surface area contributed by atoms with E-state index in [0.717, 1.165) is 16.2 Å². The molecule has 0 radical (unpaired) electrons. The third-order valence-electron chi connectivity index (χ3n) is 2.99. The second-order valence-corrected chi connectivity index (χ2v) is 5.92. The lowest BCUT2D eigenvalue weighted by Crippen LogP contribution is -2.17. The van der Waals surface area contributed by atoms with Crippen LogP contribution in [-0.4, -0.2) is 21.3 Å². The highest BCUT2D eigenvalue weighted by Crippen LogP contribution is 2.37. The Hall–Kier alpha value is -1.11. The summed E-state index contributed by atoms with van der Waals surface area (Å²) in [6.45, 7) is 0. The van der Waals surface area contributed by atoms with E-state index in [9.17, 15) is 4.39 Å². The van der Waals surface area contributed by atoms with Gasteiger partial charge in [-0.3, -0.25) is 0 Å². The molecule has 2 rings (SSSR count). The Morgan fingerprint density at radius 1 is 1.25 bits per heavy atom. The molecule has 1 N–H and O–H groups in total. The second kappa shape index (κ2) is 6.56. The van der Waals surface area contributed by atoms with Crippen molar-refractivity contribution in [2.45, 2.75) is 6.04 Å². The van der Waals surface area contributed by atoms with Gasteiger partial charge in [-0.25, -0.2) is 4.39 Å². The maximum atomic E-state index is 13.6. The number of ether oxygens (including phenoxy) is 2. The van der Waals surface area contributed by atoms with E-state index in [-0.39, 0.29) is 11.9 Å². The van der Waals surface area contributed by atoms with E-state index in [1.807, 2.05) is 18.5 Å². The fraction of sp³-hybridized carbons (Fsp3) is 0.286. The van der Waals surface area contributed by atoms with Crippen LogP contribution in [0.4, 0.5) is 4.39 Å². The summed E-state index contributed by atoms with van der Waals surface area (Å²) in [6, 6.07) is 4.99. The van der Waals surface area contributed by atoms with E-state index in [1.165, 1.54) is 13.2 Å². The van der Waals surface area contributed by atoms with E-state index in [0.29, 0.717) is 10.2 Å². The van der Waals surface area contributed by atoms with Crippen LogP contribution in [0.1, 0.15) is 16.5 Å². The van der Waals surface area contributed by atoms with Gasteiger partial charge in [0, 0.05) is 21.9 Å². The Bertz CT molecular complexity index is 603. The maximum absolute atomic E-state index is 13.6. The topological polar surface area (TPSA) is 30.5 Å². The fourth-order valence-electron chi connectivity index (χ4n) is 1.99. The van der Waals surface area contributed by atoms with Gasteiger partial charge in [-0.1, -0.05) is 0 Å². The Kier molecular flexibility index (Phi) is 5.01. The summed E-state index contributed by atoms with van der Waals surface area (Å²) in [5, 5.41) is 5.16. The molecule has 0 spiro atoms. The molecule has 0 amide bonds. The van der Waals surface area contributed by atoms with Gasteiger partial charge in [-0.15, -0.1) is 11.3 Å². The predicted molar refractivity (Wildman–Crippen MR) is 82.4 cm³/mol. The van der Waals surface area contributed by atoms with Crippen molar-refractivity contribution in [1.82, 2.24) is 5.32 Å².